The highest BCUT2D eigenvalue weighted by Crippen LogP contribution is 2.28. The van der Waals surface area contributed by atoms with Crippen LogP contribution in [0.4, 0.5) is 0 Å². The molecule has 0 aliphatic rings. The van der Waals surface area contributed by atoms with Gasteiger partial charge in [-0.2, -0.15) is 0 Å². The van der Waals surface area contributed by atoms with Gasteiger partial charge in [-0.05, 0) is 17.9 Å². The molecule has 1 aromatic heterocycles. The van der Waals surface area contributed by atoms with Gasteiger partial charge in [-0.25, -0.2) is 0 Å². The predicted octanol–water partition coefficient (Wildman–Crippen LogP) is 2.42. The number of carbonyl (C=O) groups is 2. The van der Waals surface area contributed by atoms with Crippen molar-refractivity contribution in [1.29, 1.82) is 0 Å². The third-order valence-electron chi connectivity index (χ3n) is 2.06. The van der Waals surface area contributed by atoms with E-state index < -0.39 is 5.97 Å². The topological polar surface area (TPSA) is 57.6 Å². The van der Waals surface area contributed by atoms with E-state index >= 15 is 0 Å². The standard InChI is InChI=1S/C11H12ClNO3S/c1-3-4-13(5-8(14)15)11(16)10-9(12)7(2)6-17-10/h3,6H,1,4-5H2,2H3,(H,14,15). The monoisotopic (exact) mass is 273 g/mol. The van der Waals surface area contributed by atoms with Gasteiger partial charge in [-0.3, -0.25) is 9.59 Å². The van der Waals surface area contributed by atoms with Crippen molar-refractivity contribution in [2.75, 3.05) is 13.1 Å². The van der Waals surface area contributed by atoms with Crippen molar-refractivity contribution in [1.82, 2.24) is 4.90 Å². The number of carboxylic acid groups (broad SMARTS) is 1. The molecule has 0 saturated heterocycles. The van der Waals surface area contributed by atoms with Crippen molar-refractivity contribution in [2.45, 2.75) is 6.92 Å². The lowest BCUT2D eigenvalue weighted by Gasteiger charge is -2.18. The molecule has 1 heterocycles. The summed E-state index contributed by atoms with van der Waals surface area (Å²) in [6.45, 7) is 5.11. The fraction of sp³-hybridized carbons (Fsp3) is 0.273. The summed E-state index contributed by atoms with van der Waals surface area (Å²) in [6.07, 6.45) is 1.48. The Hall–Kier alpha value is -1.33. The Balaban J connectivity index is 2.95. The van der Waals surface area contributed by atoms with E-state index in [9.17, 15) is 9.59 Å². The number of hydrogen-bond acceptors (Lipinski definition) is 3. The van der Waals surface area contributed by atoms with Crippen LogP contribution < -0.4 is 0 Å². The van der Waals surface area contributed by atoms with Crippen LogP contribution in [0.2, 0.25) is 5.02 Å². The highest BCUT2D eigenvalue weighted by molar-refractivity contribution is 7.13. The zero-order valence-corrected chi connectivity index (χ0v) is 10.8. The van der Waals surface area contributed by atoms with Crippen molar-refractivity contribution in [3.05, 3.63) is 33.5 Å². The van der Waals surface area contributed by atoms with Crippen LogP contribution in [0.25, 0.3) is 0 Å². The summed E-state index contributed by atoms with van der Waals surface area (Å²) in [5.41, 5.74) is 0.814. The van der Waals surface area contributed by atoms with Crippen LogP contribution in [-0.2, 0) is 4.79 Å². The van der Waals surface area contributed by atoms with E-state index in [0.29, 0.717) is 9.90 Å². The number of nitrogens with zero attached hydrogens (tertiary/aromatic N) is 1. The molecule has 1 rings (SSSR count). The van der Waals surface area contributed by atoms with E-state index in [4.69, 9.17) is 16.7 Å². The van der Waals surface area contributed by atoms with Gasteiger partial charge < -0.3 is 10.0 Å². The number of thiophene rings is 1. The summed E-state index contributed by atoms with van der Waals surface area (Å²) < 4.78 is 0. The molecule has 0 radical (unpaired) electrons. The lowest BCUT2D eigenvalue weighted by atomic mass is 10.3. The molecule has 4 nitrogen and oxygen atoms in total. The first-order valence-electron chi connectivity index (χ1n) is 4.83. The van der Waals surface area contributed by atoms with Gasteiger partial charge in [0.1, 0.15) is 11.4 Å². The first kappa shape index (κ1) is 13.7. The normalized spacial score (nSPS) is 10.0. The summed E-state index contributed by atoms with van der Waals surface area (Å²) in [7, 11) is 0. The van der Waals surface area contributed by atoms with Gasteiger partial charge in [-0.1, -0.05) is 17.7 Å². The number of carbonyl (C=O) groups excluding carboxylic acids is 1. The fourth-order valence-electron chi connectivity index (χ4n) is 1.26. The van der Waals surface area contributed by atoms with E-state index in [-0.39, 0.29) is 19.0 Å². The maximum absolute atomic E-state index is 12.0. The fourth-order valence-corrected chi connectivity index (χ4v) is 2.50. The Morgan fingerprint density at radius 2 is 2.29 bits per heavy atom. The number of halogens is 1. The van der Waals surface area contributed by atoms with Crippen LogP contribution in [0.1, 0.15) is 15.2 Å². The molecule has 1 amide bonds. The van der Waals surface area contributed by atoms with Crippen molar-refractivity contribution >= 4 is 34.8 Å². The second-order valence-corrected chi connectivity index (χ2v) is 4.69. The first-order valence-corrected chi connectivity index (χ1v) is 6.08. The Bertz CT molecular complexity index is 456. The Labute approximate surface area is 108 Å². The van der Waals surface area contributed by atoms with Gasteiger partial charge in [0.15, 0.2) is 0 Å². The lowest BCUT2D eigenvalue weighted by Crippen LogP contribution is -2.35. The van der Waals surface area contributed by atoms with E-state index in [1.54, 1.807) is 12.3 Å². The molecule has 0 fully saturated rings. The molecule has 6 heteroatoms. The van der Waals surface area contributed by atoms with Crippen molar-refractivity contribution < 1.29 is 14.7 Å². The predicted molar refractivity (Wildman–Crippen MR) is 67.8 cm³/mol. The quantitative estimate of drug-likeness (QED) is 0.838. The molecule has 0 atom stereocenters. The van der Waals surface area contributed by atoms with E-state index in [2.05, 4.69) is 6.58 Å². The summed E-state index contributed by atoms with van der Waals surface area (Å²) in [5, 5.41) is 10.9. The summed E-state index contributed by atoms with van der Waals surface area (Å²) in [5.74, 6) is -1.44. The van der Waals surface area contributed by atoms with Gasteiger partial charge in [0.05, 0.1) is 5.02 Å². The molecule has 17 heavy (non-hydrogen) atoms. The average molecular weight is 274 g/mol. The number of amides is 1. The van der Waals surface area contributed by atoms with Crippen molar-refractivity contribution in [3.63, 3.8) is 0 Å². The molecule has 0 unspecified atom stereocenters. The Morgan fingerprint density at radius 1 is 1.65 bits per heavy atom. The second kappa shape index (κ2) is 5.84. The van der Waals surface area contributed by atoms with Gasteiger partial charge >= 0.3 is 5.97 Å². The second-order valence-electron chi connectivity index (χ2n) is 3.43. The summed E-state index contributed by atoms with van der Waals surface area (Å²) >= 11 is 7.19. The van der Waals surface area contributed by atoms with Gasteiger partial charge in [0, 0.05) is 6.54 Å². The third-order valence-corrected chi connectivity index (χ3v) is 3.74. The summed E-state index contributed by atoms with van der Waals surface area (Å²) in [6, 6.07) is 0. The van der Waals surface area contributed by atoms with Crippen molar-refractivity contribution in [3.8, 4) is 0 Å². The molecule has 0 aromatic carbocycles. The molecule has 1 N–H and O–H groups in total. The average Bonchev–Trinajstić information content (AvgIpc) is 2.58. The van der Waals surface area contributed by atoms with E-state index in [1.807, 2.05) is 0 Å². The Morgan fingerprint density at radius 3 is 2.71 bits per heavy atom. The molecule has 92 valence electrons. The smallest absolute Gasteiger partial charge is 0.323 e. The molecular formula is C11H12ClNO3S. The molecule has 1 aromatic rings. The van der Waals surface area contributed by atoms with Crippen LogP contribution >= 0.6 is 22.9 Å². The minimum Gasteiger partial charge on any atom is -0.480 e. The maximum atomic E-state index is 12.0. The van der Waals surface area contributed by atoms with Gasteiger partial charge in [-0.15, -0.1) is 17.9 Å². The first-order chi connectivity index (χ1) is 7.97. The SMILES string of the molecule is C=CCN(CC(=O)O)C(=O)c1scc(C)c1Cl. The maximum Gasteiger partial charge on any atom is 0.323 e. The number of carboxylic acids is 1. The third kappa shape index (κ3) is 3.31. The van der Waals surface area contributed by atoms with Gasteiger partial charge in [0.2, 0.25) is 0 Å². The number of hydrogen-bond donors (Lipinski definition) is 1. The van der Waals surface area contributed by atoms with Gasteiger partial charge in [0.25, 0.3) is 5.91 Å². The van der Waals surface area contributed by atoms with Crippen LogP contribution in [-0.4, -0.2) is 35.0 Å². The molecule has 0 aliphatic carbocycles. The van der Waals surface area contributed by atoms with Crippen LogP contribution in [0.5, 0.6) is 0 Å². The minimum atomic E-state index is -1.07. The van der Waals surface area contributed by atoms with Crippen LogP contribution in [0, 0.1) is 6.92 Å². The van der Waals surface area contributed by atoms with Crippen LogP contribution in [0.3, 0.4) is 0 Å². The van der Waals surface area contributed by atoms with Crippen LogP contribution in [0.15, 0.2) is 18.0 Å². The summed E-state index contributed by atoms with van der Waals surface area (Å²) in [4.78, 5) is 24.3. The number of aliphatic carboxylic acids is 1. The number of aryl methyl sites for hydroxylation is 1. The molecule has 0 bridgehead atoms. The zero-order chi connectivity index (χ0) is 13.0. The largest absolute Gasteiger partial charge is 0.480 e. The highest BCUT2D eigenvalue weighted by Gasteiger charge is 2.22. The van der Waals surface area contributed by atoms with E-state index in [1.165, 1.54) is 22.3 Å². The van der Waals surface area contributed by atoms with Crippen molar-refractivity contribution in [2.24, 2.45) is 0 Å². The molecular weight excluding hydrogens is 262 g/mol. The zero-order valence-electron chi connectivity index (χ0n) is 9.27. The van der Waals surface area contributed by atoms with E-state index in [0.717, 1.165) is 5.56 Å². The number of rotatable bonds is 5. The molecule has 0 saturated carbocycles. The molecule has 0 aliphatic heterocycles. The lowest BCUT2D eigenvalue weighted by molar-refractivity contribution is -0.137. The highest BCUT2D eigenvalue weighted by atomic mass is 35.5. The Kier molecular flexibility index (Phi) is 4.72. The molecule has 0 spiro atoms. The minimum absolute atomic E-state index is 0.179.